The molecule has 5 rings (SSSR count). The van der Waals surface area contributed by atoms with Crippen LogP contribution in [0.25, 0.3) is 16.7 Å². The number of benzene rings is 1. The Bertz CT molecular complexity index is 1320. The summed E-state index contributed by atoms with van der Waals surface area (Å²) in [6.45, 7) is 7.75. The molecule has 36 heavy (non-hydrogen) atoms. The molecule has 1 saturated heterocycles. The second-order valence-corrected chi connectivity index (χ2v) is 9.49. The summed E-state index contributed by atoms with van der Waals surface area (Å²) in [5, 5.41) is 3.93. The zero-order valence-electron chi connectivity index (χ0n) is 21.0. The molecule has 4 heterocycles. The number of carbonyl (C=O) groups excluding carboxylic acids is 1. The van der Waals surface area contributed by atoms with Crippen LogP contribution in [-0.2, 0) is 6.42 Å². The fourth-order valence-corrected chi connectivity index (χ4v) is 4.47. The lowest BCUT2D eigenvalue weighted by Crippen LogP contribution is -2.39. The lowest BCUT2D eigenvalue weighted by molar-refractivity contribution is 0.0943. The predicted molar refractivity (Wildman–Crippen MR) is 141 cm³/mol. The highest BCUT2D eigenvalue weighted by Gasteiger charge is 2.22. The maximum absolute atomic E-state index is 12.3. The van der Waals surface area contributed by atoms with Gasteiger partial charge in [-0.05, 0) is 62.2 Å². The van der Waals surface area contributed by atoms with Gasteiger partial charge in [0.15, 0.2) is 0 Å². The van der Waals surface area contributed by atoms with Crippen molar-refractivity contribution in [2.45, 2.75) is 52.2 Å². The summed E-state index contributed by atoms with van der Waals surface area (Å²) in [5.41, 5.74) is 2.81. The molecule has 0 aliphatic carbocycles. The first kappa shape index (κ1) is 23.8. The summed E-state index contributed by atoms with van der Waals surface area (Å²) in [6, 6.07) is 11.8. The monoisotopic (exact) mass is 484 g/mol. The number of nitrogens with one attached hydrogen (secondary N) is 1. The molecule has 8 heteroatoms. The van der Waals surface area contributed by atoms with Gasteiger partial charge >= 0.3 is 0 Å². The van der Waals surface area contributed by atoms with E-state index in [1.54, 1.807) is 6.20 Å². The molecule has 1 N–H and O–H groups in total. The van der Waals surface area contributed by atoms with E-state index in [1.807, 2.05) is 73.4 Å². The van der Waals surface area contributed by atoms with E-state index in [1.165, 1.54) is 0 Å². The van der Waals surface area contributed by atoms with E-state index in [-0.39, 0.29) is 18.1 Å². The van der Waals surface area contributed by atoms with E-state index in [9.17, 15) is 4.79 Å². The van der Waals surface area contributed by atoms with Crippen LogP contribution in [0.5, 0.6) is 5.75 Å². The number of hydrogen-bond donors (Lipinski definition) is 1. The molecule has 0 saturated carbocycles. The third-order valence-electron chi connectivity index (χ3n) is 6.47. The molecular weight excluding hydrogens is 452 g/mol. The Morgan fingerprint density at radius 1 is 1.06 bits per heavy atom. The van der Waals surface area contributed by atoms with Crippen molar-refractivity contribution < 1.29 is 9.53 Å². The van der Waals surface area contributed by atoms with Gasteiger partial charge < -0.3 is 19.5 Å². The largest absolute Gasteiger partial charge is 0.489 e. The van der Waals surface area contributed by atoms with Crippen LogP contribution < -0.4 is 15.0 Å². The molecule has 0 atom stereocenters. The molecule has 0 radical (unpaired) electrons. The Labute approximate surface area is 211 Å². The summed E-state index contributed by atoms with van der Waals surface area (Å²) in [6.07, 6.45) is 10.5. The minimum atomic E-state index is -0.0629. The van der Waals surface area contributed by atoms with E-state index < -0.39 is 0 Å². The second kappa shape index (κ2) is 10.4. The van der Waals surface area contributed by atoms with Crippen LogP contribution in [0.15, 0.2) is 61.2 Å². The van der Waals surface area contributed by atoms with Crippen molar-refractivity contribution in [3.63, 3.8) is 0 Å². The topological polar surface area (TPSA) is 85.2 Å². The number of rotatable bonds is 7. The SMILES string of the molecule is CCc1cnc(N2CCC(Oc3ccc(-n4ccc5cc(C(=O)NC(C)C)ccc54)nc3)CC2)nc1. The molecular formula is C28H32N6O2. The number of ether oxygens (including phenoxy) is 1. The summed E-state index contributed by atoms with van der Waals surface area (Å²) >= 11 is 0. The number of aryl methyl sites for hydroxylation is 1. The lowest BCUT2D eigenvalue weighted by Gasteiger charge is -2.32. The van der Waals surface area contributed by atoms with Gasteiger partial charge in [0.05, 0.1) is 11.7 Å². The van der Waals surface area contributed by atoms with Gasteiger partial charge in [-0.25, -0.2) is 15.0 Å². The average molecular weight is 485 g/mol. The minimum Gasteiger partial charge on any atom is -0.489 e. The Kier molecular flexibility index (Phi) is 6.84. The normalized spacial score (nSPS) is 14.4. The van der Waals surface area contributed by atoms with Gasteiger partial charge in [-0.15, -0.1) is 0 Å². The van der Waals surface area contributed by atoms with E-state index in [2.05, 4.69) is 32.1 Å². The van der Waals surface area contributed by atoms with E-state index in [0.717, 1.165) is 66.3 Å². The molecule has 8 nitrogen and oxygen atoms in total. The minimum absolute atomic E-state index is 0.0629. The van der Waals surface area contributed by atoms with Crippen molar-refractivity contribution in [1.82, 2.24) is 24.8 Å². The number of carbonyl (C=O) groups is 1. The zero-order chi connectivity index (χ0) is 25.1. The number of fused-ring (bicyclic) bond motifs is 1. The van der Waals surface area contributed by atoms with E-state index >= 15 is 0 Å². The van der Waals surface area contributed by atoms with E-state index in [4.69, 9.17) is 4.74 Å². The van der Waals surface area contributed by atoms with Crippen LogP contribution in [-0.4, -0.2) is 50.7 Å². The molecule has 186 valence electrons. The standard InChI is InChI=1S/C28H32N6O2/c1-4-20-16-30-28(31-17-20)33-12-10-23(11-13-33)36-24-6-8-26(29-18-24)34-14-9-21-15-22(5-7-25(21)34)27(35)32-19(2)3/h5-9,14-19,23H,4,10-13H2,1-3H3,(H,32,35). The number of amides is 1. The summed E-state index contributed by atoms with van der Waals surface area (Å²) in [7, 11) is 0. The molecule has 1 aliphatic heterocycles. The number of piperidine rings is 1. The van der Waals surface area contributed by atoms with Crippen LogP contribution >= 0.6 is 0 Å². The Balaban J connectivity index is 1.21. The van der Waals surface area contributed by atoms with Crippen molar-refractivity contribution in [2.24, 2.45) is 0 Å². The van der Waals surface area contributed by atoms with Gasteiger partial charge in [0, 0.05) is 61.5 Å². The summed E-state index contributed by atoms with van der Waals surface area (Å²) in [5.74, 6) is 2.31. The van der Waals surface area contributed by atoms with Gasteiger partial charge in [0.25, 0.3) is 5.91 Å². The van der Waals surface area contributed by atoms with Crippen molar-refractivity contribution in [2.75, 3.05) is 18.0 Å². The molecule has 1 amide bonds. The van der Waals surface area contributed by atoms with E-state index in [0.29, 0.717) is 5.56 Å². The van der Waals surface area contributed by atoms with Gasteiger partial charge in [-0.2, -0.15) is 0 Å². The Morgan fingerprint density at radius 2 is 1.83 bits per heavy atom. The summed E-state index contributed by atoms with van der Waals surface area (Å²) < 4.78 is 8.25. The van der Waals surface area contributed by atoms with Crippen molar-refractivity contribution in [3.05, 3.63) is 72.3 Å². The van der Waals surface area contributed by atoms with Crippen LogP contribution in [0.4, 0.5) is 5.95 Å². The smallest absolute Gasteiger partial charge is 0.251 e. The van der Waals surface area contributed by atoms with Gasteiger partial charge in [-0.3, -0.25) is 4.79 Å². The molecule has 3 aromatic heterocycles. The fourth-order valence-electron chi connectivity index (χ4n) is 4.47. The van der Waals surface area contributed by atoms with Crippen molar-refractivity contribution >= 4 is 22.8 Å². The van der Waals surface area contributed by atoms with Gasteiger partial charge in [-0.1, -0.05) is 6.92 Å². The quantitative estimate of drug-likeness (QED) is 0.414. The molecule has 1 aromatic carbocycles. The third kappa shape index (κ3) is 5.17. The zero-order valence-corrected chi connectivity index (χ0v) is 21.0. The Hall–Kier alpha value is -3.94. The lowest BCUT2D eigenvalue weighted by atomic mass is 10.1. The third-order valence-corrected chi connectivity index (χ3v) is 6.47. The Morgan fingerprint density at radius 3 is 2.50 bits per heavy atom. The number of hydrogen-bond acceptors (Lipinski definition) is 6. The first-order chi connectivity index (χ1) is 17.5. The number of nitrogens with zero attached hydrogens (tertiary/aromatic N) is 5. The molecule has 1 fully saturated rings. The predicted octanol–water partition coefficient (Wildman–Crippen LogP) is 4.56. The van der Waals surface area contributed by atoms with Crippen LogP contribution in [0.3, 0.4) is 0 Å². The number of anilines is 1. The molecule has 0 unspecified atom stereocenters. The maximum Gasteiger partial charge on any atom is 0.251 e. The van der Waals surface area contributed by atoms with Crippen LogP contribution in [0, 0.1) is 0 Å². The number of aromatic nitrogens is 4. The molecule has 0 spiro atoms. The first-order valence-electron chi connectivity index (χ1n) is 12.6. The van der Waals surface area contributed by atoms with Gasteiger partial charge in [0.1, 0.15) is 17.7 Å². The summed E-state index contributed by atoms with van der Waals surface area (Å²) in [4.78, 5) is 28.2. The second-order valence-electron chi connectivity index (χ2n) is 9.49. The van der Waals surface area contributed by atoms with Crippen molar-refractivity contribution in [1.29, 1.82) is 0 Å². The van der Waals surface area contributed by atoms with Crippen molar-refractivity contribution in [3.8, 4) is 11.6 Å². The van der Waals surface area contributed by atoms with Gasteiger partial charge in [0.2, 0.25) is 5.95 Å². The molecule has 0 bridgehead atoms. The first-order valence-corrected chi connectivity index (χ1v) is 12.6. The average Bonchev–Trinajstić information content (AvgIpc) is 3.33. The highest BCUT2D eigenvalue weighted by Crippen LogP contribution is 2.24. The highest BCUT2D eigenvalue weighted by atomic mass is 16.5. The highest BCUT2D eigenvalue weighted by molar-refractivity contribution is 5.98. The molecule has 4 aromatic rings. The van der Waals surface area contributed by atoms with Crippen LogP contribution in [0.1, 0.15) is 49.5 Å². The fraction of sp³-hybridized carbons (Fsp3) is 0.357. The van der Waals surface area contributed by atoms with Crippen LogP contribution in [0.2, 0.25) is 0 Å². The maximum atomic E-state index is 12.3. The number of pyridine rings is 1. The molecule has 1 aliphatic rings.